The van der Waals surface area contributed by atoms with Crippen molar-refractivity contribution in [1.29, 1.82) is 0 Å². The van der Waals surface area contributed by atoms with Crippen LogP contribution in [0.1, 0.15) is 23.7 Å². The Kier molecular flexibility index (Phi) is 7.64. The molecule has 11 heteroatoms. The molecule has 2 aromatic carbocycles. The molecule has 0 radical (unpaired) electrons. The van der Waals surface area contributed by atoms with Gasteiger partial charge in [-0.05, 0) is 43.7 Å². The lowest BCUT2D eigenvalue weighted by Gasteiger charge is -2.22. The van der Waals surface area contributed by atoms with Crippen molar-refractivity contribution in [2.24, 2.45) is 5.92 Å². The highest BCUT2D eigenvalue weighted by atomic mass is 32.2. The van der Waals surface area contributed by atoms with E-state index in [1.54, 1.807) is 18.2 Å². The number of ether oxygens (including phenoxy) is 3. The van der Waals surface area contributed by atoms with Crippen LogP contribution in [0.2, 0.25) is 0 Å². The number of amides is 1. The normalized spacial score (nSPS) is 17.4. The molecular weight excluding hydrogens is 475 g/mol. The quantitative estimate of drug-likeness (QED) is 0.545. The van der Waals surface area contributed by atoms with Crippen LogP contribution in [0.15, 0.2) is 47.4 Å². The summed E-state index contributed by atoms with van der Waals surface area (Å²) in [6.07, 6.45) is -5.26. The van der Waals surface area contributed by atoms with E-state index >= 15 is 0 Å². The number of carbonyl (C=O) groups is 1. The van der Waals surface area contributed by atoms with E-state index in [1.807, 2.05) is 6.07 Å². The van der Waals surface area contributed by atoms with E-state index in [-0.39, 0.29) is 22.1 Å². The van der Waals surface area contributed by atoms with Crippen molar-refractivity contribution >= 4 is 15.7 Å². The molecular formula is C23H26F3NO6S. The summed E-state index contributed by atoms with van der Waals surface area (Å²) in [7, 11) is -2.16. The van der Waals surface area contributed by atoms with Crippen LogP contribution < -0.4 is 14.2 Å². The monoisotopic (exact) mass is 501 g/mol. The predicted molar refractivity (Wildman–Crippen MR) is 118 cm³/mol. The number of hydrogen-bond donors (Lipinski definition) is 0. The molecule has 1 unspecified atom stereocenters. The summed E-state index contributed by atoms with van der Waals surface area (Å²) in [5.74, 6) is 0.190. The third kappa shape index (κ3) is 6.13. The maximum atomic E-state index is 13.2. The summed E-state index contributed by atoms with van der Waals surface area (Å²) in [5.41, 5.74) is -0.231. The maximum Gasteiger partial charge on any atom is 0.425 e. The van der Waals surface area contributed by atoms with Gasteiger partial charge in [0.25, 0.3) is 5.91 Å². The molecule has 1 heterocycles. The van der Waals surface area contributed by atoms with E-state index in [0.717, 1.165) is 31.4 Å². The van der Waals surface area contributed by atoms with Gasteiger partial charge in [-0.3, -0.25) is 4.79 Å². The molecule has 2 aromatic rings. The summed E-state index contributed by atoms with van der Waals surface area (Å²) >= 11 is 0. The first kappa shape index (κ1) is 25.7. The van der Waals surface area contributed by atoms with Crippen molar-refractivity contribution in [2.45, 2.75) is 30.5 Å². The molecule has 2 atom stereocenters. The van der Waals surface area contributed by atoms with Gasteiger partial charge >= 0.3 is 6.18 Å². The lowest BCUT2D eigenvalue weighted by molar-refractivity contribution is -0.189. The molecule has 0 saturated carbocycles. The van der Waals surface area contributed by atoms with Gasteiger partial charge in [-0.2, -0.15) is 13.2 Å². The maximum absolute atomic E-state index is 13.2. The third-order valence-electron chi connectivity index (χ3n) is 5.49. The third-order valence-corrected chi connectivity index (χ3v) is 6.60. The number of carbonyl (C=O) groups excluding carboxylic acids is 1. The Labute approximate surface area is 196 Å². The van der Waals surface area contributed by atoms with Crippen LogP contribution in [0.5, 0.6) is 17.2 Å². The highest BCUT2D eigenvalue weighted by Gasteiger charge is 2.39. The van der Waals surface area contributed by atoms with E-state index in [9.17, 15) is 26.4 Å². The fraction of sp³-hybridized carbons (Fsp3) is 0.435. The van der Waals surface area contributed by atoms with Gasteiger partial charge in [0, 0.05) is 25.3 Å². The number of hydrogen-bond acceptors (Lipinski definition) is 6. The Balaban J connectivity index is 1.77. The molecule has 0 aliphatic carbocycles. The zero-order chi connectivity index (χ0) is 25.1. The number of halogens is 3. The van der Waals surface area contributed by atoms with Crippen molar-refractivity contribution in [3.8, 4) is 17.2 Å². The molecule has 186 valence electrons. The Morgan fingerprint density at radius 1 is 1.15 bits per heavy atom. The Morgan fingerprint density at radius 3 is 2.44 bits per heavy atom. The van der Waals surface area contributed by atoms with Crippen molar-refractivity contribution in [3.05, 3.63) is 48.0 Å². The largest absolute Gasteiger partial charge is 0.493 e. The van der Waals surface area contributed by atoms with E-state index < -0.39 is 28.0 Å². The van der Waals surface area contributed by atoms with Crippen LogP contribution in [0.3, 0.4) is 0 Å². The lowest BCUT2D eigenvalue weighted by atomic mass is 10.1. The second kappa shape index (κ2) is 10.1. The first-order valence-electron chi connectivity index (χ1n) is 10.5. The fourth-order valence-electron chi connectivity index (χ4n) is 3.54. The molecule has 1 amide bonds. The topological polar surface area (TPSA) is 82.1 Å². The van der Waals surface area contributed by atoms with Gasteiger partial charge in [0.15, 0.2) is 27.4 Å². The van der Waals surface area contributed by atoms with Gasteiger partial charge in [-0.15, -0.1) is 0 Å². The average molecular weight is 502 g/mol. The van der Waals surface area contributed by atoms with Crippen LogP contribution >= 0.6 is 0 Å². The lowest BCUT2D eigenvalue weighted by Crippen LogP contribution is -2.33. The summed E-state index contributed by atoms with van der Waals surface area (Å²) in [5, 5.41) is 0. The molecule has 0 bridgehead atoms. The zero-order valence-corrected chi connectivity index (χ0v) is 19.8. The van der Waals surface area contributed by atoms with Gasteiger partial charge in [0.05, 0.1) is 24.2 Å². The van der Waals surface area contributed by atoms with Crippen molar-refractivity contribution in [3.63, 3.8) is 0 Å². The van der Waals surface area contributed by atoms with E-state index in [0.29, 0.717) is 37.6 Å². The smallest absolute Gasteiger partial charge is 0.425 e. The van der Waals surface area contributed by atoms with Gasteiger partial charge in [0.1, 0.15) is 5.75 Å². The van der Waals surface area contributed by atoms with E-state index in [1.165, 1.54) is 12.0 Å². The summed E-state index contributed by atoms with van der Waals surface area (Å²) in [4.78, 5) is 14.5. The molecule has 3 rings (SSSR count). The number of nitrogens with zero attached hydrogens (tertiary/aromatic N) is 1. The summed E-state index contributed by atoms with van der Waals surface area (Å²) in [6.45, 7) is 1.77. The molecule has 7 nitrogen and oxygen atoms in total. The van der Waals surface area contributed by atoms with Crippen molar-refractivity contribution in [2.75, 3.05) is 33.1 Å². The number of likely N-dealkylation sites (tertiary alicyclic amines) is 1. The fourth-order valence-corrected chi connectivity index (χ4v) is 4.18. The highest BCUT2D eigenvalue weighted by molar-refractivity contribution is 7.90. The van der Waals surface area contributed by atoms with Crippen LogP contribution in [0, 0.1) is 5.92 Å². The minimum Gasteiger partial charge on any atom is -0.493 e. The Morgan fingerprint density at radius 2 is 1.82 bits per heavy atom. The van der Waals surface area contributed by atoms with Gasteiger partial charge in [-0.1, -0.05) is 12.1 Å². The standard InChI is InChI=1S/C23H26F3NO6S/c1-15(23(24,25)26)33-19-9-8-17(34(3,29)30)12-18(19)22(28)27-11-10-16(13-27)14-32-21-7-5-4-6-20(21)31-2/h4-9,12,15-16H,10-11,13-14H2,1-3H3/t15-,16?/m0/s1. The molecule has 0 spiro atoms. The highest BCUT2D eigenvalue weighted by Crippen LogP contribution is 2.32. The van der Waals surface area contributed by atoms with E-state index in [2.05, 4.69) is 0 Å². The summed E-state index contributed by atoms with van der Waals surface area (Å²) < 4.78 is 79.1. The van der Waals surface area contributed by atoms with Crippen LogP contribution in [-0.2, 0) is 9.84 Å². The molecule has 1 aliphatic heterocycles. The van der Waals surface area contributed by atoms with Crippen LogP contribution in [0.25, 0.3) is 0 Å². The number of alkyl halides is 3. The molecule has 1 fully saturated rings. The van der Waals surface area contributed by atoms with Crippen LogP contribution in [-0.4, -0.2) is 64.6 Å². The molecule has 0 N–H and O–H groups in total. The average Bonchev–Trinajstić information content (AvgIpc) is 3.25. The molecule has 34 heavy (non-hydrogen) atoms. The van der Waals surface area contributed by atoms with Gasteiger partial charge < -0.3 is 19.1 Å². The minimum absolute atomic E-state index is 0.0228. The minimum atomic E-state index is -4.65. The molecule has 0 aromatic heterocycles. The SMILES string of the molecule is COc1ccccc1OCC1CCN(C(=O)c2cc(S(C)(=O)=O)ccc2O[C@@H](C)C(F)(F)F)C1. The molecule has 1 aliphatic rings. The first-order valence-corrected chi connectivity index (χ1v) is 12.4. The second-order valence-corrected chi connectivity index (χ2v) is 10.1. The second-order valence-electron chi connectivity index (χ2n) is 8.10. The van der Waals surface area contributed by atoms with E-state index in [4.69, 9.17) is 14.2 Å². The predicted octanol–water partition coefficient (Wildman–Crippen LogP) is 3.97. The zero-order valence-electron chi connectivity index (χ0n) is 19.0. The van der Waals surface area contributed by atoms with Crippen molar-refractivity contribution in [1.82, 2.24) is 4.90 Å². The van der Waals surface area contributed by atoms with Gasteiger partial charge in [0.2, 0.25) is 0 Å². The van der Waals surface area contributed by atoms with Crippen molar-refractivity contribution < 1.29 is 40.6 Å². The Bertz CT molecular complexity index is 1140. The molecule has 1 saturated heterocycles. The number of benzene rings is 2. The number of para-hydroxylation sites is 2. The Hall–Kier alpha value is -2.95. The van der Waals surface area contributed by atoms with Gasteiger partial charge in [-0.25, -0.2) is 8.42 Å². The van der Waals surface area contributed by atoms with Crippen LogP contribution in [0.4, 0.5) is 13.2 Å². The number of rotatable bonds is 8. The number of sulfone groups is 1. The summed E-state index contributed by atoms with van der Waals surface area (Å²) in [6, 6.07) is 10.4. The number of methoxy groups -OCH3 is 1. The first-order chi connectivity index (χ1) is 15.9.